The zero-order chi connectivity index (χ0) is 13.5. The molecule has 18 heavy (non-hydrogen) atoms. The number of hydrogen-bond donors (Lipinski definition) is 1. The van der Waals surface area contributed by atoms with E-state index < -0.39 is 0 Å². The molecule has 1 aliphatic heterocycles. The SMILES string of the molecule is CCCC(=O)N1CCC(NC(=O)N(C)CC)CC1. The van der Waals surface area contributed by atoms with Crippen molar-refractivity contribution in [3.05, 3.63) is 0 Å². The Bertz CT molecular complexity index is 286. The van der Waals surface area contributed by atoms with Crippen molar-refractivity contribution in [2.75, 3.05) is 26.7 Å². The molecule has 0 bridgehead atoms. The second-order valence-electron chi connectivity index (χ2n) is 4.87. The largest absolute Gasteiger partial charge is 0.343 e. The molecule has 0 aromatic carbocycles. The van der Waals surface area contributed by atoms with E-state index >= 15 is 0 Å². The molecule has 1 saturated heterocycles. The number of amides is 3. The maximum Gasteiger partial charge on any atom is 0.317 e. The van der Waals surface area contributed by atoms with Crippen LogP contribution in [0.3, 0.4) is 0 Å². The summed E-state index contributed by atoms with van der Waals surface area (Å²) in [6, 6.07) is 0.188. The second-order valence-corrected chi connectivity index (χ2v) is 4.87. The molecule has 0 aromatic rings. The Labute approximate surface area is 110 Å². The Morgan fingerprint density at radius 1 is 1.28 bits per heavy atom. The third kappa shape index (κ3) is 4.20. The van der Waals surface area contributed by atoms with Crippen molar-refractivity contribution in [2.24, 2.45) is 0 Å². The van der Waals surface area contributed by atoms with Crippen molar-refractivity contribution in [2.45, 2.75) is 45.6 Å². The molecule has 0 radical (unpaired) electrons. The summed E-state index contributed by atoms with van der Waals surface area (Å²) in [5.74, 6) is 0.243. The Morgan fingerprint density at radius 2 is 1.89 bits per heavy atom. The Kier molecular flexibility index (Phi) is 5.95. The number of carbonyl (C=O) groups is 2. The van der Waals surface area contributed by atoms with Gasteiger partial charge in [-0.2, -0.15) is 0 Å². The summed E-state index contributed by atoms with van der Waals surface area (Å²) in [5.41, 5.74) is 0. The van der Waals surface area contributed by atoms with Gasteiger partial charge >= 0.3 is 6.03 Å². The lowest BCUT2D eigenvalue weighted by Gasteiger charge is -2.33. The lowest BCUT2D eigenvalue weighted by atomic mass is 10.0. The molecule has 1 heterocycles. The summed E-state index contributed by atoms with van der Waals surface area (Å²) >= 11 is 0. The summed E-state index contributed by atoms with van der Waals surface area (Å²) in [4.78, 5) is 27.0. The van der Waals surface area contributed by atoms with E-state index in [1.807, 2.05) is 18.7 Å². The van der Waals surface area contributed by atoms with Gasteiger partial charge in [0.2, 0.25) is 5.91 Å². The average Bonchev–Trinajstić information content (AvgIpc) is 2.38. The van der Waals surface area contributed by atoms with Gasteiger partial charge in [-0.1, -0.05) is 6.92 Å². The van der Waals surface area contributed by atoms with Gasteiger partial charge in [-0.3, -0.25) is 4.79 Å². The highest BCUT2D eigenvalue weighted by molar-refractivity contribution is 5.76. The molecule has 0 saturated carbocycles. The molecule has 0 unspecified atom stereocenters. The summed E-state index contributed by atoms with van der Waals surface area (Å²) in [5, 5.41) is 3.01. The van der Waals surface area contributed by atoms with E-state index in [1.165, 1.54) is 0 Å². The first-order valence-electron chi connectivity index (χ1n) is 6.87. The van der Waals surface area contributed by atoms with Crippen molar-refractivity contribution in [1.29, 1.82) is 0 Å². The van der Waals surface area contributed by atoms with E-state index in [1.54, 1.807) is 11.9 Å². The van der Waals surface area contributed by atoms with Crippen LogP contribution in [-0.2, 0) is 4.79 Å². The van der Waals surface area contributed by atoms with Crippen LogP contribution in [0.1, 0.15) is 39.5 Å². The fourth-order valence-electron chi connectivity index (χ4n) is 2.07. The van der Waals surface area contributed by atoms with Crippen LogP contribution in [0, 0.1) is 0 Å². The highest BCUT2D eigenvalue weighted by atomic mass is 16.2. The van der Waals surface area contributed by atoms with Gasteiger partial charge in [0.25, 0.3) is 0 Å². The standard InChI is InChI=1S/C13H25N3O2/c1-4-6-12(17)16-9-7-11(8-10-16)14-13(18)15(3)5-2/h11H,4-10H2,1-3H3,(H,14,18). The minimum Gasteiger partial charge on any atom is -0.343 e. The van der Waals surface area contributed by atoms with Crippen LogP contribution in [0.5, 0.6) is 0 Å². The van der Waals surface area contributed by atoms with Crippen LogP contribution in [0.2, 0.25) is 0 Å². The van der Waals surface area contributed by atoms with Crippen LogP contribution >= 0.6 is 0 Å². The minimum atomic E-state index is -0.0177. The van der Waals surface area contributed by atoms with Gasteiger partial charge in [-0.05, 0) is 26.2 Å². The molecule has 1 rings (SSSR count). The maximum atomic E-state index is 11.7. The summed E-state index contributed by atoms with van der Waals surface area (Å²) < 4.78 is 0. The van der Waals surface area contributed by atoms with Crippen molar-refractivity contribution in [3.63, 3.8) is 0 Å². The topological polar surface area (TPSA) is 52.7 Å². The molecule has 1 N–H and O–H groups in total. The van der Waals surface area contributed by atoms with E-state index in [0.29, 0.717) is 13.0 Å². The van der Waals surface area contributed by atoms with Gasteiger partial charge in [0.1, 0.15) is 0 Å². The molecular formula is C13H25N3O2. The Hall–Kier alpha value is -1.26. The predicted molar refractivity (Wildman–Crippen MR) is 71.3 cm³/mol. The van der Waals surface area contributed by atoms with Gasteiger partial charge in [-0.15, -0.1) is 0 Å². The first-order chi connectivity index (χ1) is 8.58. The first kappa shape index (κ1) is 14.8. The number of nitrogens with zero attached hydrogens (tertiary/aromatic N) is 2. The number of urea groups is 1. The third-order valence-corrected chi connectivity index (χ3v) is 3.46. The fourth-order valence-corrected chi connectivity index (χ4v) is 2.07. The van der Waals surface area contributed by atoms with Gasteiger partial charge in [-0.25, -0.2) is 4.79 Å². The lowest BCUT2D eigenvalue weighted by Crippen LogP contribution is -2.49. The first-order valence-corrected chi connectivity index (χ1v) is 6.87. The zero-order valence-corrected chi connectivity index (χ0v) is 11.7. The van der Waals surface area contributed by atoms with E-state index in [0.717, 1.165) is 32.4 Å². The Morgan fingerprint density at radius 3 is 2.39 bits per heavy atom. The molecule has 0 aliphatic carbocycles. The molecule has 5 nitrogen and oxygen atoms in total. The van der Waals surface area contributed by atoms with E-state index in [2.05, 4.69) is 5.32 Å². The molecule has 1 aliphatic rings. The van der Waals surface area contributed by atoms with E-state index in [-0.39, 0.29) is 18.0 Å². The molecule has 5 heteroatoms. The van der Waals surface area contributed by atoms with Crippen LogP contribution in [0.25, 0.3) is 0 Å². The van der Waals surface area contributed by atoms with Crippen molar-refractivity contribution >= 4 is 11.9 Å². The fraction of sp³-hybridized carbons (Fsp3) is 0.846. The predicted octanol–water partition coefficient (Wildman–Crippen LogP) is 1.44. The number of piperidine rings is 1. The summed E-state index contributed by atoms with van der Waals surface area (Å²) in [7, 11) is 1.79. The zero-order valence-electron chi connectivity index (χ0n) is 11.7. The monoisotopic (exact) mass is 255 g/mol. The van der Waals surface area contributed by atoms with Crippen LogP contribution in [-0.4, -0.2) is 54.5 Å². The van der Waals surface area contributed by atoms with Gasteiger partial charge in [0.15, 0.2) is 0 Å². The van der Waals surface area contributed by atoms with E-state index in [9.17, 15) is 9.59 Å². The van der Waals surface area contributed by atoms with Crippen molar-refractivity contribution in [1.82, 2.24) is 15.1 Å². The highest BCUT2D eigenvalue weighted by Crippen LogP contribution is 2.12. The molecular weight excluding hydrogens is 230 g/mol. The quantitative estimate of drug-likeness (QED) is 0.826. The number of carbonyl (C=O) groups excluding carboxylic acids is 2. The summed E-state index contributed by atoms with van der Waals surface area (Å²) in [6.07, 6.45) is 3.25. The molecule has 104 valence electrons. The van der Waals surface area contributed by atoms with Gasteiger partial charge in [0, 0.05) is 39.1 Å². The molecule has 0 aromatic heterocycles. The number of nitrogens with one attached hydrogen (secondary N) is 1. The normalized spacial score (nSPS) is 16.5. The minimum absolute atomic E-state index is 0.0177. The van der Waals surface area contributed by atoms with Crippen LogP contribution in [0.4, 0.5) is 4.79 Å². The third-order valence-electron chi connectivity index (χ3n) is 3.46. The van der Waals surface area contributed by atoms with Gasteiger partial charge in [0.05, 0.1) is 0 Å². The molecule has 0 atom stereocenters. The molecule has 0 spiro atoms. The number of likely N-dealkylation sites (tertiary alicyclic amines) is 1. The number of hydrogen-bond acceptors (Lipinski definition) is 2. The molecule has 1 fully saturated rings. The van der Waals surface area contributed by atoms with Crippen LogP contribution in [0.15, 0.2) is 0 Å². The molecule has 3 amide bonds. The average molecular weight is 255 g/mol. The maximum absolute atomic E-state index is 11.7. The highest BCUT2D eigenvalue weighted by Gasteiger charge is 2.23. The van der Waals surface area contributed by atoms with Crippen molar-refractivity contribution in [3.8, 4) is 0 Å². The van der Waals surface area contributed by atoms with Gasteiger partial charge < -0.3 is 15.1 Å². The van der Waals surface area contributed by atoms with Crippen molar-refractivity contribution < 1.29 is 9.59 Å². The summed E-state index contributed by atoms with van der Waals surface area (Å²) in [6.45, 7) is 6.20. The number of rotatable bonds is 4. The smallest absolute Gasteiger partial charge is 0.317 e. The van der Waals surface area contributed by atoms with Crippen LogP contribution < -0.4 is 5.32 Å². The Balaban J connectivity index is 2.31. The second kappa shape index (κ2) is 7.24. The van der Waals surface area contributed by atoms with E-state index in [4.69, 9.17) is 0 Å². The lowest BCUT2D eigenvalue weighted by molar-refractivity contribution is -0.132.